The Morgan fingerprint density at radius 3 is 3.07 bits per heavy atom. The van der Waals surface area contributed by atoms with Crippen molar-refractivity contribution in [2.75, 3.05) is 11.9 Å². The maximum absolute atomic E-state index is 4.33. The molecular formula is C11H12N2S. The van der Waals surface area contributed by atoms with Crippen molar-refractivity contribution in [3.8, 4) is 10.6 Å². The lowest BCUT2D eigenvalue weighted by Crippen LogP contribution is -1.96. The summed E-state index contributed by atoms with van der Waals surface area (Å²) in [5.41, 5.74) is 2.17. The van der Waals surface area contributed by atoms with E-state index in [0.717, 1.165) is 17.9 Å². The Balaban J connectivity index is 2.31. The van der Waals surface area contributed by atoms with Gasteiger partial charge in [-0.15, -0.1) is 11.3 Å². The molecule has 0 fully saturated rings. The van der Waals surface area contributed by atoms with Crippen LogP contribution in [0.4, 0.5) is 5.69 Å². The first-order valence-corrected chi connectivity index (χ1v) is 5.52. The largest absolute Gasteiger partial charge is 0.385 e. The summed E-state index contributed by atoms with van der Waals surface area (Å²) in [6.45, 7) is 3.03. The lowest BCUT2D eigenvalue weighted by atomic mass is 10.3. The molecule has 3 heteroatoms. The molecule has 0 saturated heterocycles. The molecule has 2 aromatic rings. The molecule has 0 unspecified atom stereocenters. The van der Waals surface area contributed by atoms with Crippen LogP contribution in [0.1, 0.15) is 6.92 Å². The van der Waals surface area contributed by atoms with Crippen LogP contribution in [0.3, 0.4) is 0 Å². The zero-order valence-electron chi connectivity index (χ0n) is 8.03. The van der Waals surface area contributed by atoms with Crippen LogP contribution in [0.5, 0.6) is 0 Å². The monoisotopic (exact) mass is 204 g/mol. The normalized spacial score (nSPS) is 10.1. The first kappa shape index (κ1) is 9.21. The van der Waals surface area contributed by atoms with Crippen LogP contribution in [0.15, 0.2) is 35.8 Å². The van der Waals surface area contributed by atoms with Crippen LogP contribution in [0.25, 0.3) is 10.6 Å². The van der Waals surface area contributed by atoms with Gasteiger partial charge in [0.05, 0.1) is 10.6 Å². The molecule has 0 spiro atoms. The number of pyridine rings is 1. The number of thiophene rings is 1. The number of anilines is 1. The summed E-state index contributed by atoms with van der Waals surface area (Å²) in [6, 6.07) is 8.19. The summed E-state index contributed by atoms with van der Waals surface area (Å²) < 4.78 is 0. The maximum Gasteiger partial charge on any atom is 0.0822 e. The van der Waals surface area contributed by atoms with Gasteiger partial charge in [0.15, 0.2) is 0 Å². The molecule has 2 heterocycles. The average molecular weight is 204 g/mol. The van der Waals surface area contributed by atoms with Crippen molar-refractivity contribution in [3.05, 3.63) is 35.8 Å². The first-order valence-electron chi connectivity index (χ1n) is 4.64. The predicted octanol–water partition coefficient (Wildman–Crippen LogP) is 3.24. The molecule has 0 aromatic carbocycles. The van der Waals surface area contributed by atoms with Crippen molar-refractivity contribution in [3.63, 3.8) is 0 Å². The molecular weight excluding hydrogens is 192 g/mol. The molecule has 1 N–H and O–H groups in total. The molecule has 2 nitrogen and oxygen atoms in total. The van der Waals surface area contributed by atoms with Crippen molar-refractivity contribution in [1.82, 2.24) is 4.98 Å². The highest BCUT2D eigenvalue weighted by atomic mass is 32.1. The van der Waals surface area contributed by atoms with Gasteiger partial charge in [0.2, 0.25) is 0 Å². The summed E-state index contributed by atoms with van der Waals surface area (Å²) in [4.78, 5) is 5.55. The first-order chi connectivity index (χ1) is 6.90. The van der Waals surface area contributed by atoms with Crippen molar-refractivity contribution >= 4 is 17.0 Å². The Morgan fingerprint density at radius 1 is 1.43 bits per heavy atom. The standard InChI is InChI=1S/C11H12N2S/c1-2-12-9-5-6-13-10(8-9)11-4-3-7-14-11/h3-8H,2H2,1H3,(H,12,13). The number of nitrogens with zero attached hydrogens (tertiary/aromatic N) is 1. The number of rotatable bonds is 3. The Morgan fingerprint density at radius 2 is 2.36 bits per heavy atom. The summed E-state index contributed by atoms with van der Waals surface area (Å²) in [5, 5.41) is 5.34. The van der Waals surface area contributed by atoms with Gasteiger partial charge in [0.1, 0.15) is 0 Å². The highest BCUT2D eigenvalue weighted by Crippen LogP contribution is 2.24. The van der Waals surface area contributed by atoms with Crippen molar-refractivity contribution < 1.29 is 0 Å². The van der Waals surface area contributed by atoms with E-state index in [4.69, 9.17) is 0 Å². The van der Waals surface area contributed by atoms with Crippen LogP contribution < -0.4 is 5.32 Å². The molecule has 0 saturated carbocycles. The minimum Gasteiger partial charge on any atom is -0.385 e. The molecule has 72 valence electrons. The van der Waals surface area contributed by atoms with Gasteiger partial charge in [-0.05, 0) is 30.5 Å². The Hall–Kier alpha value is -1.35. The van der Waals surface area contributed by atoms with Gasteiger partial charge in [-0.2, -0.15) is 0 Å². The predicted molar refractivity (Wildman–Crippen MR) is 61.7 cm³/mol. The second kappa shape index (κ2) is 4.24. The minimum atomic E-state index is 0.938. The Bertz CT molecular complexity index is 395. The lowest BCUT2D eigenvalue weighted by molar-refractivity contribution is 1.20. The maximum atomic E-state index is 4.33. The second-order valence-electron chi connectivity index (χ2n) is 2.94. The second-order valence-corrected chi connectivity index (χ2v) is 3.89. The molecule has 0 atom stereocenters. The number of aromatic nitrogens is 1. The van der Waals surface area contributed by atoms with Gasteiger partial charge in [0.25, 0.3) is 0 Å². The lowest BCUT2D eigenvalue weighted by Gasteiger charge is -2.03. The molecule has 0 radical (unpaired) electrons. The van der Waals surface area contributed by atoms with Gasteiger partial charge >= 0.3 is 0 Å². The summed E-state index contributed by atoms with van der Waals surface area (Å²) in [7, 11) is 0. The number of hydrogen-bond acceptors (Lipinski definition) is 3. The minimum absolute atomic E-state index is 0.938. The summed E-state index contributed by atoms with van der Waals surface area (Å²) in [5.74, 6) is 0. The molecule has 0 bridgehead atoms. The third-order valence-electron chi connectivity index (χ3n) is 1.91. The molecule has 2 aromatic heterocycles. The average Bonchev–Trinajstić information content (AvgIpc) is 2.71. The van der Waals surface area contributed by atoms with E-state index in [-0.39, 0.29) is 0 Å². The Labute approximate surface area is 87.6 Å². The van der Waals surface area contributed by atoms with Crippen molar-refractivity contribution in [2.45, 2.75) is 6.92 Å². The Kier molecular flexibility index (Phi) is 2.79. The van der Waals surface area contributed by atoms with Gasteiger partial charge in [0, 0.05) is 18.4 Å². The third-order valence-corrected chi connectivity index (χ3v) is 2.81. The number of hydrogen-bond donors (Lipinski definition) is 1. The highest BCUT2D eigenvalue weighted by Gasteiger charge is 2.00. The van der Waals surface area contributed by atoms with E-state index in [0.29, 0.717) is 0 Å². The molecule has 2 rings (SSSR count). The number of nitrogens with one attached hydrogen (secondary N) is 1. The van der Waals surface area contributed by atoms with Gasteiger partial charge in [-0.3, -0.25) is 4.98 Å². The van der Waals surface area contributed by atoms with E-state index in [2.05, 4.69) is 34.7 Å². The fourth-order valence-electron chi connectivity index (χ4n) is 1.30. The van der Waals surface area contributed by atoms with Crippen molar-refractivity contribution in [2.24, 2.45) is 0 Å². The fraction of sp³-hybridized carbons (Fsp3) is 0.182. The van der Waals surface area contributed by atoms with Gasteiger partial charge in [-0.1, -0.05) is 6.07 Å². The van der Waals surface area contributed by atoms with Crippen LogP contribution in [-0.2, 0) is 0 Å². The van der Waals surface area contributed by atoms with E-state index < -0.39 is 0 Å². The third kappa shape index (κ3) is 1.93. The fourth-order valence-corrected chi connectivity index (χ4v) is 2.00. The SMILES string of the molecule is CCNc1ccnc(-c2cccs2)c1. The molecule has 0 aliphatic rings. The van der Waals surface area contributed by atoms with E-state index in [1.807, 2.05) is 18.3 Å². The van der Waals surface area contributed by atoms with Gasteiger partial charge in [-0.25, -0.2) is 0 Å². The van der Waals surface area contributed by atoms with Crippen LogP contribution in [0.2, 0.25) is 0 Å². The van der Waals surface area contributed by atoms with Crippen LogP contribution in [-0.4, -0.2) is 11.5 Å². The zero-order valence-corrected chi connectivity index (χ0v) is 8.84. The summed E-state index contributed by atoms with van der Waals surface area (Å²) in [6.07, 6.45) is 1.84. The topological polar surface area (TPSA) is 24.9 Å². The molecule has 0 aliphatic carbocycles. The van der Waals surface area contributed by atoms with Crippen molar-refractivity contribution in [1.29, 1.82) is 0 Å². The molecule has 0 amide bonds. The molecule has 14 heavy (non-hydrogen) atoms. The van der Waals surface area contributed by atoms with Gasteiger partial charge < -0.3 is 5.32 Å². The van der Waals surface area contributed by atoms with E-state index >= 15 is 0 Å². The van der Waals surface area contributed by atoms with E-state index in [9.17, 15) is 0 Å². The van der Waals surface area contributed by atoms with E-state index in [1.165, 1.54) is 4.88 Å². The van der Waals surface area contributed by atoms with Crippen LogP contribution in [0, 0.1) is 0 Å². The quantitative estimate of drug-likeness (QED) is 0.830. The van der Waals surface area contributed by atoms with Crippen LogP contribution >= 0.6 is 11.3 Å². The summed E-state index contributed by atoms with van der Waals surface area (Å²) >= 11 is 1.71. The smallest absolute Gasteiger partial charge is 0.0822 e. The zero-order chi connectivity index (χ0) is 9.80. The molecule has 0 aliphatic heterocycles. The highest BCUT2D eigenvalue weighted by molar-refractivity contribution is 7.13. The van der Waals surface area contributed by atoms with E-state index in [1.54, 1.807) is 11.3 Å².